The zero-order valence-corrected chi connectivity index (χ0v) is 14.4. The molecule has 4 aromatic rings. The summed E-state index contributed by atoms with van der Waals surface area (Å²) < 4.78 is 3.07. The third kappa shape index (κ3) is 2.72. The number of thiophene rings is 1. The molecule has 3 aromatic heterocycles. The molecule has 0 aliphatic carbocycles. The van der Waals surface area contributed by atoms with Crippen LogP contribution < -0.4 is 10.9 Å². The molecule has 126 valence electrons. The lowest BCUT2D eigenvalue weighted by Crippen LogP contribution is -2.33. The molecule has 0 radical (unpaired) electrons. The lowest BCUT2D eigenvalue weighted by atomic mass is 10.2. The predicted molar refractivity (Wildman–Crippen MR) is 98.6 cm³/mol. The molecule has 7 heteroatoms. The summed E-state index contributed by atoms with van der Waals surface area (Å²) in [5.41, 5.74) is 1.26. The van der Waals surface area contributed by atoms with E-state index < -0.39 is 0 Å². The van der Waals surface area contributed by atoms with Crippen molar-refractivity contribution in [3.05, 3.63) is 63.2 Å². The van der Waals surface area contributed by atoms with Crippen LogP contribution in [-0.4, -0.2) is 20.3 Å². The van der Waals surface area contributed by atoms with Crippen LogP contribution >= 0.6 is 11.3 Å². The number of hydrogen-bond acceptors (Lipinski definition) is 4. The van der Waals surface area contributed by atoms with Crippen LogP contribution in [-0.2, 0) is 24.9 Å². The number of benzene rings is 1. The van der Waals surface area contributed by atoms with Gasteiger partial charge in [-0.3, -0.25) is 9.59 Å². The number of carbonyl (C=O) groups is 1. The Labute approximate surface area is 147 Å². The highest BCUT2D eigenvalue weighted by atomic mass is 32.1. The smallest absolute Gasteiger partial charge is 0.291 e. The zero-order chi connectivity index (χ0) is 17.4. The topological polar surface area (TPSA) is 68.9 Å². The fraction of sp³-hybridized carbons (Fsp3) is 0.167. The van der Waals surface area contributed by atoms with Crippen LogP contribution in [0.4, 0.5) is 0 Å². The minimum atomic E-state index is -0.262. The number of para-hydroxylation sites is 1. The molecule has 0 bridgehead atoms. The number of aryl methyl sites for hydroxylation is 1. The highest BCUT2D eigenvalue weighted by Crippen LogP contribution is 2.24. The van der Waals surface area contributed by atoms with Gasteiger partial charge in [-0.05, 0) is 17.5 Å². The number of nitrogens with one attached hydrogen (secondary N) is 1. The van der Waals surface area contributed by atoms with Gasteiger partial charge in [0.05, 0.1) is 12.7 Å². The van der Waals surface area contributed by atoms with Crippen molar-refractivity contribution in [3.8, 4) is 0 Å². The normalized spacial score (nSPS) is 11.2. The highest BCUT2D eigenvalue weighted by Gasteiger charge is 2.14. The van der Waals surface area contributed by atoms with Crippen molar-refractivity contribution in [2.24, 2.45) is 7.05 Å². The molecule has 1 N–H and O–H groups in total. The molecule has 25 heavy (non-hydrogen) atoms. The van der Waals surface area contributed by atoms with Crippen LogP contribution in [0.15, 0.2) is 52.8 Å². The Hall–Kier alpha value is -2.93. The summed E-state index contributed by atoms with van der Waals surface area (Å²) >= 11 is 1.58. The van der Waals surface area contributed by atoms with E-state index >= 15 is 0 Å². The lowest BCUT2D eigenvalue weighted by molar-refractivity contribution is -0.122. The minimum absolute atomic E-state index is 0.0956. The standard InChI is InChI=1S/C18H16N4O2S/c1-21-15-7-3-2-6-13(15)14-10-20-22(18(24)17(14)21)11-16(23)19-9-12-5-4-8-25-12/h2-8,10H,9,11H2,1H3,(H,19,23). The van der Waals surface area contributed by atoms with Gasteiger partial charge in [0.2, 0.25) is 5.91 Å². The van der Waals surface area contributed by atoms with Gasteiger partial charge in [-0.1, -0.05) is 24.3 Å². The first-order valence-corrected chi connectivity index (χ1v) is 8.75. The Balaban J connectivity index is 1.65. The molecule has 0 saturated carbocycles. The molecule has 0 aliphatic rings. The van der Waals surface area contributed by atoms with Crippen LogP contribution in [0.25, 0.3) is 21.8 Å². The number of fused-ring (bicyclic) bond motifs is 3. The summed E-state index contributed by atoms with van der Waals surface area (Å²) in [5, 5.41) is 10.8. The van der Waals surface area contributed by atoms with Gasteiger partial charge in [-0.25, -0.2) is 4.68 Å². The van der Waals surface area contributed by atoms with Gasteiger partial charge in [-0.15, -0.1) is 11.3 Å². The summed E-state index contributed by atoms with van der Waals surface area (Å²) in [7, 11) is 1.85. The van der Waals surface area contributed by atoms with Crippen molar-refractivity contribution in [2.45, 2.75) is 13.1 Å². The summed E-state index contributed by atoms with van der Waals surface area (Å²) in [6.07, 6.45) is 1.66. The third-order valence-corrected chi connectivity index (χ3v) is 5.12. The third-order valence-electron chi connectivity index (χ3n) is 4.24. The maximum absolute atomic E-state index is 12.8. The quantitative estimate of drug-likeness (QED) is 0.613. The van der Waals surface area contributed by atoms with Crippen molar-refractivity contribution < 1.29 is 4.79 Å². The Bertz CT molecular complexity index is 1130. The molecule has 0 fully saturated rings. The molecule has 1 amide bonds. The number of carbonyl (C=O) groups excluding carboxylic acids is 1. The zero-order valence-electron chi connectivity index (χ0n) is 13.6. The lowest BCUT2D eigenvalue weighted by Gasteiger charge is -2.06. The number of amides is 1. The Morgan fingerprint density at radius 3 is 2.84 bits per heavy atom. The molecule has 4 rings (SSSR count). The average Bonchev–Trinajstić information content (AvgIpc) is 3.23. The van der Waals surface area contributed by atoms with Crippen LogP contribution in [0.2, 0.25) is 0 Å². The fourth-order valence-corrected chi connectivity index (χ4v) is 3.66. The van der Waals surface area contributed by atoms with Gasteiger partial charge in [0.15, 0.2) is 0 Å². The van der Waals surface area contributed by atoms with E-state index in [1.807, 2.05) is 53.4 Å². The second kappa shape index (κ2) is 6.18. The summed E-state index contributed by atoms with van der Waals surface area (Å²) in [6, 6.07) is 11.7. The number of hydrogen-bond donors (Lipinski definition) is 1. The van der Waals surface area contributed by atoms with E-state index in [2.05, 4.69) is 10.4 Å². The Kier molecular flexibility index (Phi) is 3.85. The summed E-state index contributed by atoms with van der Waals surface area (Å²) in [6.45, 7) is 0.364. The first-order valence-electron chi connectivity index (χ1n) is 7.87. The van der Waals surface area contributed by atoms with Crippen LogP contribution in [0.1, 0.15) is 4.88 Å². The van der Waals surface area contributed by atoms with Gasteiger partial charge < -0.3 is 9.88 Å². The molecular formula is C18H16N4O2S. The number of nitrogens with zero attached hydrogens (tertiary/aromatic N) is 3. The van der Waals surface area contributed by atoms with E-state index in [1.54, 1.807) is 17.5 Å². The fourth-order valence-electron chi connectivity index (χ4n) is 3.02. The molecule has 0 saturated heterocycles. The van der Waals surface area contributed by atoms with E-state index in [0.717, 1.165) is 21.2 Å². The minimum Gasteiger partial charge on any atom is -0.350 e. The van der Waals surface area contributed by atoms with Crippen molar-refractivity contribution in [3.63, 3.8) is 0 Å². The van der Waals surface area contributed by atoms with Gasteiger partial charge in [0, 0.05) is 28.2 Å². The summed E-state index contributed by atoms with van der Waals surface area (Å²) in [5.74, 6) is -0.235. The van der Waals surface area contributed by atoms with E-state index in [9.17, 15) is 9.59 Å². The Morgan fingerprint density at radius 2 is 2.04 bits per heavy atom. The second-order valence-electron chi connectivity index (χ2n) is 5.80. The maximum Gasteiger partial charge on any atom is 0.291 e. The van der Waals surface area contributed by atoms with Crippen molar-refractivity contribution in [1.29, 1.82) is 0 Å². The predicted octanol–water partition coefficient (Wildman–Crippen LogP) is 2.27. The monoisotopic (exact) mass is 352 g/mol. The van der Waals surface area contributed by atoms with Gasteiger partial charge >= 0.3 is 0 Å². The number of aromatic nitrogens is 3. The van der Waals surface area contributed by atoms with E-state index in [-0.39, 0.29) is 18.0 Å². The molecule has 1 aromatic carbocycles. The van der Waals surface area contributed by atoms with Gasteiger partial charge in [-0.2, -0.15) is 5.10 Å². The molecule has 0 atom stereocenters. The summed E-state index contributed by atoms with van der Waals surface area (Å²) in [4.78, 5) is 26.0. The van der Waals surface area contributed by atoms with E-state index in [0.29, 0.717) is 12.1 Å². The highest BCUT2D eigenvalue weighted by molar-refractivity contribution is 7.09. The molecule has 6 nitrogen and oxygen atoms in total. The first kappa shape index (κ1) is 15.6. The van der Waals surface area contributed by atoms with E-state index in [4.69, 9.17) is 0 Å². The van der Waals surface area contributed by atoms with Crippen LogP contribution in [0, 0.1) is 0 Å². The van der Waals surface area contributed by atoms with Gasteiger partial charge in [0.25, 0.3) is 5.56 Å². The number of rotatable bonds is 4. The molecule has 0 spiro atoms. The van der Waals surface area contributed by atoms with Crippen LogP contribution in [0.5, 0.6) is 0 Å². The largest absolute Gasteiger partial charge is 0.350 e. The molecule has 0 unspecified atom stereocenters. The van der Waals surface area contributed by atoms with Crippen LogP contribution in [0.3, 0.4) is 0 Å². The molecule has 3 heterocycles. The molecular weight excluding hydrogens is 336 g/mol. The average molecular weight is 352 g/mol. The first-order chi connectivity index (χ1) is 12.1. The van der Waals surface area contributed by atoms with Gasteiger partial charge in [0.1, 0.15) is 12.1 Å². The second-order valence-corrected chi connectivity index (χ2v) is 6.83. The van der Waals surface area contributed by atoms with Crippen molar-refractivity contribution in [2.75, 3.05) is 0 Å². The molecule has 0 aliphatic heterocycles. The Morgan fingerprint density at radius 1 is 1.20 bits per heavy atom. The van der Waals surface area contributed by atoms with Crippen molar-refractivity contribution >= 4 is 39.0 Å². The maximum atomic E-state index is 12.8. The SMILES string of the molecule is Cn1c2ccccc2c2cnn(CC(=O)NCc3cccs3)c(=O)c21. The van der Waals surface area contributed by atoms with E-state index in [1.165, 1.54) is 4.68 Å². The van der Waals surface area contributed by atoms with Crippen molar-refractivity contribution in [1.82, 2.24) is 19.7 Å².